The molecule has 25 heavy (non-hydrogen) atoms. The van der Waals surface area contributed by atoms with Gasteiger partial charge < -0.3 is 24.0 Å². The summed E-state index contributed by atoms with van der Waals surface area (Å²) in [4.78, 5) is 53.0. The average molecular weight is 378 g/mol. The van der Waals surface area contributed by atoms with Gasteiger partial charge in [-0.2, -0.15) is 0 Å². The van der Waals surface area contributed by atoms with Gasteiger partial charge in [-0.15, -0.1) is 0 Å². The van der Waals surface area contributed by atoms with Crippen LogP contribution in [0.2, 0.25) is 0 Å². The van der Waals surface area contributed by atoms with Crippen LogP contribution in [0, 0.1) is 0 Å². The van der Waals surface area contributed by atoms with E-state index in [1.807, 2.05) is 0 Å². The smallest absolute Gasteiger partial charge is 0.383 e. The van der Waals surface area contributed by atoms with Gasteiger partial charge in [0.2, 0.25) is 0 Å². The van der Waals surface area contributed by atoms with Crippen molar-refractivity contribution in [1.29, 1.82) is 0 Å². The van der Waals surface area contributed by atoms with Gasteiger partial charge in [0.25, 0.3) is 0 Å². The molecule has 0 heterocycles. The Hall–Kier alpha value is -2.26. The van der Waals surface area contributed by atoms with Crippen molar-refractivity contribution >= 4 is 25.7 Å². The molecule has 0 radical (unpaired) electrons. The van der Waals surface area contributed by atoms with Crippen LogP contribution in [-0.4, -0.2) is 40.3 Å². The Morgan fingerprint density at radius 1 is 0.840 bits per heavy atom. The molecule has 0 aromatic heterocycles. The summed E-state index contributed by atoms with van der Waals surface area (Å²) in [5.74, 6) is -6.47. The van der Waals surface area contributed by atoms with E-state index in [4.69, 9.17) is 24.0 Å². The Bertz CT molecular complexity index is 587. The number of hydrogen-bond acceptors (Lipinski definition) is 8. The zero-order chi connectivity index (χ0) is 20.0. The van der Waals surface area contributed by atoms with Crippen molar-refractivity contribution < 1.29 is 47.5 Å². The fourth-order valence-electron chi connectivity index (χ4n) is 0.999. The maximum absolute atomic E-state index is 11.8. The molecular weight excluding hydrogens is 359 g/mol. The van der Waals surface area contributed by atoms with Crippen LogP contribution in [0.3, 0.4) is 0 Å². The second-order valence-corrected chi connectivity index (χ2v) is 6.20. The third kappa shape index (κ3) is 8.41. The van der Waals surface area contributed by atoms with Gasteiger partial charge in [-0.3, -0.25) is 4.52 Å². The Labute approximate surface area is 143 Å². The van der Waals surface area contributed by atoms with Gasteiger partial charge in [0.05, 0.1) is 0 Å². The van der Waals surface area contributed by atoms with Gasteiger partial charge in [-0.05, 0) is 20.8 Å². The van der Waals surface area contributed by atoms with Gasteiger partial charge in [-0.25, -0.2) is 18.9 Å². The van der Waals surface area contributed by atoms with Crippen molar-refractivity contribution in [3.05, 3.63) is 36.5 Å². The van der Waals surface area contributed by atoms with Gasteiger partial charge >= 0.3 is 31.7 Å². The normalized spacial score (nSPS) is 11.2. The molecule has 0 saturated carbocycles. The Balaban J connectivity index is 5.92. The predicted octanol–water partition coefficient (Wildman–Crippen LogP) is 1.11. The summed E-state index contributed by atoms with van der Waals surface area (Å²) in [6.07, 6.45) is 0. The Morgan fingerprint density at radius 3 is 1.32 bits per heavy atom. The van der Waals surface area contributed by atoms with Crippen molar-refractivity contribution in [1.82, 2.24) is 0 Å². The summed E-state index contributed by atoms with van der Waals surface area (Å²) in [5.41, 5.74) is -0.546. The third-order valence-electron chi connectivity index (χ3n) is 2.20. The lowest BCUT2D eigenvalue weighted by Crippen LogP contribution is -2.48. The van der Waals surface area contributed by atoms with Gasteiger partial charge in [0, 0.05) is 16.7 Å². The molecule has 140 valence electrons. The molecule has 0 unspecified atom stereocenters. The van der Waals surface area contributed by atoms with E-state index < -0.39 is 38.3 Å². The highest BCUT2D eigenvalue weighted by Crippen LogP contribution is 2.38. The largest absolute Gasteiger partial charge is 0.470 e. The van der Waals surface area contributed by atoms with Crippen LogP contribution in [0.4, 0.5) is 0 Å². The molecule has 0 aromatic carbocycles. The van der Waals surface area contributed by atoms with E-state index in [0.29, 0.717) is 0 Å². The number of rotatable bonds is 9. The molecule has 0 atom stereocenters. The standard InChI is InChI=1S/C14H19O10P/c1-8(2)11(15)22-14(7-21-25(18,19)20,23-12(16)9(3)4)24-13(17)10(5)6/h1,3,5,7H2,2,4,6H3,(H2,18,19,20). The first-order chi connectivity index (χ1) is 11.2. The first-order valence-corrected chi connectivity index (χ1v) is 8.09. The number of carbonyl (C=O) groups is 3. The molecule has 2 N–H and O–H groups in total. The summed E-state index contributed by atoms with van der Waals surface area (Å²) in [7, 11) is -5.10. The van der Waals surface area contributed by atoms with Crippen LogP contribution >= 0.6 is 7.82 Å². The highest BCUT2D eigenvalue weighted by molar-refractivity contribution is 7.46. The lowest BCUT2D eigenvalue weighted by Gasteiger charge is -2.31. The fourth-order valence-corrected chi connectivity index (χ4v) is 1.33. The lowest BCUT2D eigenvalue weighted by atomic mass is 10.3. The van der Waals surface area contributed by atoms with E-state index in [2.05, 4.69) is 24.3 Å². The fraction of sp³-hybridized carbons (Fsp3) is 0.357. The summed E-state index contributed by atoms with van der Waals surface area (Å²) < 4.78 is 29.4. The maximum Gasteiger partial charge on any atom is 0.470 e. The van der Waals surface area contributed by atoms with E-state index in [9.17, 15) is 18.9 Å². The minimum atomic E-state index is -5.10. The molecule has 0 saturated heterocycles. The first-order valence-electron chi connectivity index (χ1n) is 6.56. The first kappa shape index (κ1) is 22.7. The number of phosphoric acid groups is 1. The zero-order valence-electron chi connectivity index (χ0n) is 13.9. The predicted molar refractivity (Wildman–Crippen MR) is 83.4 cm³/mol. The molecule has 0 rings (SSSR count). The van der Waals surface area contributed by atoms with E-state index in [-0.39, 0.29) is 16.7 Å². The quantitative estimate of drug-likeness (QED) is 0.259. The number of hydrogen-bond donors (Lipinski definition) is 2. The Morgan fingerprint density at radius 2 is 1.12 bits per heavy atom. The van der Waals surface area contributed by atoms with E-state index in [0.717, 1.165) is 0 Å². The van der Waals surface area contributed by atoms with Crippen LogP contribution in [0.5, 0.6) is 0 Å². The van der Waals surface area contributed by atoms with Crippen molar-refractivity contribution in [3.8, 4) is 0 Å². The second kappa shape index (κ2) is 8.72. The number of ether oxygens (including phenoxy) is 3. The van der Waals surface area contributed by atoms with Gasteiger partial charge in [0.15, 0.2) is 6.61 Å². The topological polar surface area (TPSA) is 146 Å². The van der Waals surface area contributed by atoms with E-state index >= 15 is 0 Å². The van der Waals surface area contributed by atoms with Crippen molar-refractivity contribution in [2.24, 2.45) is 0 Å². The summed E-state index contributed by atoms with van der Waals surface area (Å²) in [5, 5.41) is 0. The molecule has 0 aliphatic rings. The molecule has 0 spiro atoms. The summed E-state index contributed by atoms with van der Waals surface area (Å²) in [6, 6.07) is 0. The zero-order valence-corrected chi connectivity index (χ0v) is 14.8. The molecule has 10 nitrogen and oxygen atoms in total. The number of phosphoric ester groups is 1. The van der Waals surface area contributed by atoms with Crippen LogP contribution in [0.1, 0.15) is 20.8 Å². The molecule has 0 bridgehead atoms. The minimum absolute atomic E-state index is 0.182. The summed E-state index contributed by atoms with van der Waals surface area (Å²) >= 11 is 0. The maximum atomic E-state index is 11.8. The summed E-state index contributed by atoms with van der Waals surface area (Å²) in [6.45, 7) is 12.3. The van der Waals surface area contributed by atoms with Crippen LogP contribution < -0.4 is 0 Å². The van der Waals surface area contributed by atoms with Gasteiger partial charge in [0.1, 0.15) is 0 Å². The minimum Gasteiger partial charge on any atom is -0.383 e. The molecule has 0 fully saturated rings. The van der Waals surface area contributed by atoms with Crippen molar-refractivity contribution in [2.75, 3.05) is 6.61 Å². The van der Waals surface area contributed by atoms with Crippen LogP contribution in [0.25, 0.3) is 0 Å². The molecule has 0 aliphatic carbocycles. The van der Waals surface area contributed by atoms with Crippen molar-refractivity contribution in [3.63, 3.8) is 0 Å². The monoisotopic (exact) mass is 378 g/mol. The highest BCUT2D eigenvalue weighted by atomic mass is 31.2. The molecule has 0 aromatic rings. The van der Waals surface area contributed by atoms with Crippen LogP contribution in [-0.2, 0) is 37.7 Å². The van der Waals surface area contributed by atoms with E-state index in [1.165, 1.54) is 20.8 Å². The molecule has 0 amide bonds. The molecular formula is C14H19O10P. The second-order valence-electron chi connectivity index (χ2n) is 4.96. The highest BCUT2D eigenvalue weighted by Gasteiger charge is 2.46. The Kier molecular flexibility index (Phi) is 7.94. The van der Waals surface area contributed by atoms with Crippen LogP contribution in [0.15, 0.2) is 36.5 Å². The number of carbonyl (C=O) groups excluding carboxylic acids is 3. The molecule has 11 heteroatoms. The van der Waals surface area contributed by atoms with Gasteiger partial charge in [-0.1, -0.05) is 19.7 Å². The SMILES string of the molecule is C=C(C)C(=O)OC(COP(=O)(O)O)(OC(=O)C(=C)C)OC(=O)C(=C)C. The third-order valence-corrected chi connectivity index (χ3v) is 2.66. The average Bonchev–Trinajstić information content (AvgIpc) is 2.43. The van der Waals surface area contributed by atoms with Crippen molar-refractivity contribution in [2.45, 2.75) is 26.7 Å². The van der Waals surface area contributed by atoms with E-state index in [1.54, 1.807) is 0 Å². The lowest BCUT2D eigenvalue weighted by molar-refractivity contribution is -0.335. The molecule has 0 aliphatic heterocycles. The number of esters is 3.